The van der Waals surface area contributed by atoms with Crippen LogP contribution in [0.2, 0.25) is 0 Å². The minimum Gasteiger partial charge on any atom is -0.492 e. The topological polar surface area (TPSA) is 50.4 Å². The van der Waals surface area contributed by atoms with Gasteiger partial charge in [0.2, 0.25) is 5.91 Å². The summed E-state index contributed by atoms with van der Waals surface area (Å²) in [6, 6.07) is 9.69. The van der Waals surface area contributed by atoms with Crippen molar-refractivity contribution in [1.82, 2.24) is 10.6 Å². The van der Waals surface area contributed by atoms with Crippen molar-refractivity contribution in [3.63, 3.8) is 0 Å². The van der Waals surface area contributed by atoms with E-state index in [-0.39, 0.29) is 11.3 Å². The van der Waals surface area contributed by atoms with E-state index in [1.807, 2.05) is 30.3 Å². The summed E-state index contributed by atoms with van der Waals surface area (Å²) < 4.78 is 5.61. The first-order valence-electron chi connectivity index (χ1n) is 7.94. The molecule has 0 atom stereocenters. The summed E-state index contributed by atoms with van der Waals surface area (Å²) in [5.74, 6) is 1.04. The highest BCUT2D eigenvalue weighted by molar-refractivity contribution is 5.82. The highest BCUT2D eigenvalue weighted by atomic mass is 16.5. The molecule has 0 aliphatic carbocycles. The number of hydrogen-bond donors (Lipinski definition) is 2. The molecule has 116 valence electrons. The van der Waals surface area contributed by atoms with Gasteiger partial charge in [0.05, 0.1) is 12.0 Å². The predicted octanol–water partition coefficient (Wildman–Crippen LogP) is 2.35. The van der Waals surface area contributed by atoms with Crippen LogP contribution >= 0.6 is 0 Å². The number of benzene rings is 1. The maximum Gasteiger partial charge on any atom is 0.226 e. The van der Waals surface area contributed by atoms with Gasteiger partial charge in [-0.1, -0.05) is 31.5 Å². The van der Waals surface area contributed by atoms with Crippen molar-refractivity contribution < 1.29 is 9.53 Å². The van der Waals surface area contributed by atoms with Gasteiger partial charge in [-0.05, 0) is 44.5 Å². The highest BCUT2D eigenvalue weighted by Crippen LogP contribution is 2.34. The average molecular weight is 290 g/mol. The third-order valence-corrected chi connectivity index (χ3v) is 4.17. The minimum atomic E-state index is -0.174. The fourth-order valence-electron chi connectivity index (χ4n) is 3.01. The van der Waals surface area contributed by atoms with Crippen LogP contribution in [0.25, 0.3) is 0 Å². The van der Waals surface area contributed by atoms with Crippen molar-refractivity contribution in [1.29, 1.82) is 0 Å². The number of para-hydroxylation sites is 1. The van der Waals surface area contributed by atoms with E-state index >= 15 is 0 Å². The van der Waals surface area contributed by atoms with Gasteiger partial charge in [-0.25, -0.2) is 0 Å². The summed E-state index contributed by atoms with van der Waals surface area (Å²) in [5, 5.41) is 6.39. The van der Waals surface area contributed by atoms with Gasteiger partial charge in [-0.3, -0.25) is 4.79 Å². The molecule has 0 aromatic heterocycles. The van der Waals surface area contributed by atoms with Crippen LogP contribution in [0.1, 0.15) is 32.6 Å². The van der Waals surface area contributed by atoms with Crippen LogP contribution in [-0.4, -0.2) is 32.1 Å². The third-order valence-electron chi connectivity index (χ3n) is 4.17. The Morgan fingerprint density at radius 1 is 1.29 bits per heavy atom. The largest absolute Gasteiger partial charge is 0.492 e. The van der Waals surface area contributed by atoms with E-state index in [1.54, 1.807) is 0 Å². The van der Waals surface area contributed by atoms with Crippen LogP contribution in [0.15, 0.2) is 30.3 Å². The molecule has 1 heterocycles. The summed E-state index contributed by atoms with van der Waals surface area (Å²) in [4.78, 5) is 12.5. The van der Waals surface area contributed by atoms with E-state index in [0.29, 0.717) is 13.2 Å². The Labute approximate surface area is 127 Å². The first kappa shape index (κ1) is 15.8. The number of piperidine rings is 1. The molecule has 2 N–H and O–H groups in total. The highest BCUT2D eigenvalue weighted by Gasteiger charge is 2.38. The van der Waals surface area contributed by atoms with Crippen molar-refractivity contribution in [2.45, 2.75) is 32.6 Å². The summed E-state index contributed by atoms with van der Waals surface area (Å²) in [6.07, 6.45) is 3.90. The molecule has 0 radical (unpaired) electrons. The van der Waals surface area contributed by atoms with Crippen molar-refractivity contribution in [3.05, 3.63) is 30.3 Å². The fraction of sp³-hybridized carbons (Fsp3) is 0.588. The lowest BCUT2D eigenvalue weighted by Crippen LogP contribution is -2.48. The zero-order valence-electron chi connectivity index (χ0n) is 12.9. The number of carbonyl (C=O) groups excluding carboxylic acids is 1. The molecule has 4 heteroatoms. The lowest BCUT2D eigenvalue weighted by atomic mass is 9.74. The minimum absolute atomic E-state index is 0.174. The molecule has 1 aliphatic rings. The van der Waals surface area contributed by atoms with Gasteiger partial charge in [0, 0.05) is 0 Å². The Morgan fingerprint density at radius 3 is 2.67 bits per heavy atom. The molecule has 2 rings (SSSR count). The van der Waals surface area contributed by atoms with Crippen LogP contribution in [0.5, 0.6) is 5.75 Å². The van der Waals surface area contributed by atoms with E-state index in [4.69, 9.17) is 4.74 Å². The van der Waals surface area contributed by atoms with E-state index in [2.05, 4.69) is 17.6 Å². The van der Waals surface area contributed by atoms with E-state index in [9.17, 15) is 4.79 Å². The summed E-state index contributed by atoms with van der Waals surface area (Å²) in [5.41, 5.74) is -0.174. The lowest BCUT2D eigenvalue weighted by molar-refractivity contribution is -0.133. The normalized spacial score (nSPS) is 17.2. The fourth-order valence-corrected chi connectivity index (χ4v) is 3.01. The number of ether oxygens (including phenoxy) is 1. The van der Waals surface area contributed by atoms with Crippen LogP contribution in [-0.2, 0) is 4.79 Å². The molecule has 1 aliphatic heterocycles. The Morgan fingerprint density at radius 2 is 2.00 bits per heavy atom. The van der Waals surface area contributed by atoms with Crippen molar-refractivity contribution >= 4 is 5.91 Å². The van der Waals surface area contributed by atoms with Gasteiger partial charge in [-0.15, -0.1) is 0 Å². The lowest BCUT2D eigenvalue weighted by Gasteiger charge is -2.36. The second kappa shape index (κ2) is 8.03. The molecule has 1 saturated heterocycles. The van der Waals surface area contributed by atoms with Crippen molar-refractivity contribution in [2.24, 2.45) is 5.41 Å². The molecule has 1 fully saturated rings. The second-order valence-corrected chi connectivity index (χ2v) is 5.70. The van der Waals surface area contributed by atoms with Crippen molar-refractivity contribution in [3.8, 4) is 5.75 Å². The van der Waals surface area contributed by atoms with Crippen LogP contribution in [0.3, 0.4) is 0 Å². The molecule has 4 nitrogen and oxygen atoms in total. The Hall–Kier alpha value is -1.55. The first-order valence-corrected chi connectivity index (χ1v) is 7.94. The molecule has 0 saturated carbocycles. The van der Waals surface area contributed by atoms with E-state index < -0.39 is 0 Å². The van der Waals surface area contributed by atoms with Gasteiger partial charge in [0.25, 0.3) is 0 Å². The summed E-state index contributed by atoms with van der Waals surface area (Å²) in [6.45, 7) is 5.10. The van der Waals surface area contributed by atoms with Gasteiger partial charge < -0.3 is 15.4 Å². The number of rotatable bonds is 7. The maximum atomic E-state index is 12.5. The zero-order chi connectivity index (χ0) is 15.0. The number of hydrogen-bond acceptors (Lipinski definition) is 3. The molecule has 21 heavy (non-hydrogen) atoms. The van der Waals surface area contributed by atoms with Crippen molar-refractivity contribution in [2.75, 3.05) is 26.2 Å². The number of nitrogens with one attached hydrogen (secondary N) is 2. The standard InChI is InChI=1S/C17H26N2O2/c1-2-8-17(9-11-18-12-10-17)16(20)19-13-14-21-15-6-4-3-5-7-15/h3-7,18H,2,8-14H2,1H3,(H,19,20). The molecule has 0 unspecified atom stereocenters. The Balaban J connectivity index is 1.77. The SMILES string of the molecule is CCCC1(C(=O)NCCOc2ccccc2)CCNCC1. The van der Waals surface area contributed by atoms with Gasteiger partial charge >= 0.3 is 0 Å². The first-order chi connectivity index (χ1) is 10.3. The van der Waals surface area contributed by atoms with E-state index in [1.165, 1.54) is 0 Å². The summed E-state index contributed by atoms with van der Waals surface area (Å²) >= 11 is 0. The molecular formula is C17H26N2O2. The molecule has 0 bridgehead atoms. The van der Waals surface area contributed by atoms with E-state index in [0.717, 1.165) is 44.5 Å². The van der Waals surface area contributed by atoms with Gasteiger partial charge in [-0.2, -0.15) is 0 Å². The third kappa shape index (κ3) is 4.46. The maximum absolute atomic E-state index is 12.5. The smallest absolute Gasteiger partial charge is 0.226 e. The molecule has 0 spiro atoms. The van der Waals surface area contributed by atoms with Crippen LogP contribution in [0.4, 0.5) is 0 Å². The second-order valence-electron chi connectivity index (χ2n) is 5.70. The Kier molecular flexibility index (Phi) is 6.05. The molecule has 1 aromatic carbocycles. The van der Waals surface area contributed by atoms with Crippen LogP contribution < -0.4 is 15.4 Å². The number of amides is 1. The molecular weight excluding hydrogens is 264 g/mol. The molecule has 1 amide bonds. The van der Waals surface area contributed by atoms with Crippen LogP contribution in [0, 0.1) is 5.41 Å². The van der Waals surface area contributed by atoms with Gasteiger partial charge in [0.1, 0.15) is 12.4 Å². The Bertz CT molecular complexity index is 422. The predicted molar refractivity (Wildman–Crippen MR) is 84.4 cm³/mol. The quantitative estimate of drug-likeness (QED) is 0.758. The zero-order valence-corrected chi connectivity index (χ0v) is 12.9. The summed E-state index contributed by atoms with van der Waals surface area (Å²) in [7, 11) is 0. The number of carbonyl (C=O) groups is 1. The van der Waals surface area contributed by atoms with Gasteiger partial charge in [0.15, 0.2) is 0 Å². The monoisotopic (exact) mass is 290 g/mol. The molecule has 1 aromatic rings. The average Bonchev–Trinajstić information content (AvgIpc) is 2.53.